The molecule has 0 saturated carbocycles. The highest BCUT2D eigenvalue weighted by molar-refractivity contribution is 6.30. The lowest BCUT2D eigenvalue weighted by molar-refractivity contribution is 0.0820. The summed E-state index contributed by atoms with van der Waals surface area (Å²) in [7, 11) is 0. The first kappa shape index (κ1) is 13.7. The molecular formula is C17H14ClNO2. The molecule has 0 aliphatic rings. The van der Waals surface area contributed by atoms with E-state index in [2.05, 4.69) is 4.98 Å². The molecule has 106 valence electrons. The Labute approximate surface area is 127 Å². The number of hydrogen-bond donors (Lipinski definition) is 1. The monoisotopic (exact) mass is 299 g/mol. The number of rotatable bonds is 4. The van der Waals surface area contributed by atoms with Gasteiger partial charge in [0.15, 0.2) is 6.10 Å². The molecule has 3 nitrogen and oxygen atoms in total. The van der Waals surface area contributed by atoms with Crippen molar-refractivity contribution in [3.63, 3.8) is 0 Å². The number of halogens is 1. The molecule has 1 heterocycles. The van der Waals surface area contributed by atoms with Crippen LogP contribution in [0.1, 0.15) is 17.3 Å². The molecule has 1 aromatic heterocycles. The molecule has 1 N–H and O–H groups in total. The Morgan fingerprint density at radius 3 is 2.62 bits per heavy atom. The Kier molecular flexibility index (Phi) is 3.67. The van der Waals surface area contributed by atoms with Crippen molar-refractivity contribution < 1.29 is 9.53 Å². The standard InChI is InChI=1S/C17H14ClNO2/c1-11(21-13-8-6-12(18)7-9-13)17(20)15-10-19-16-5-3-2-4-14(15)16/h2-11,19H,1H3/t11-/m1/s1. The van der Waals surface area contributed by atoms with Crippen molar-refractivity contribution in [2.75, 3.05) is 0 Å². The molecule has 0 fully saturated rings. The smallest absolute Gasteiger partial charge is 0.205 e. The van der Waals surface area contributed by atoms with E-state index in [-0.39, 0.29) is 5.78 Å². The van der Waals surface area contributed by atoms with Crippen LogP contribution in [0.4, 0.5) is 0 Å². The number of ketones is 1. The maximum Gasteiger partial charge on any atom is 0.205 e. The number of H-pyrrole nitrogens is 1. The van der Waals surface area contributed by atoms with Crippen LogP contribution in [0.3, 0.4) is 0 Å². The summed E-state index contributed by atoms with van der Waals surface area (Å²) in [6, 6.07) is 14.7. The molecule has 0 aliphatic heterocycles. The van der Waals surface area contributed by atoms with Crippen molar-refractivity contribution in [1.29, 1.82) is 0 Å². The Balaban J connectivity index is 1.82. The number of Topliss-reactive ketones (excluding diaryl/α,β-unsaturated/α-hetero) is 1. The number of hydrogen-bond acceptors (Lipinski definition) is 2. The molecule has 0 radical (unpaired) electrons. The average molecular weight is 300 g/mol. The molecule has 4 heteroatoms. The van der Waals surface area contributed by atoms with Crippen molar-refractivity contribution in [2.24, 2.45) is 0 Å². The summed E-state index contributed by atoms with van der Waals surface area (Å²) in [5, 5.41) is 1.55. The minimum atomic E-state index is -0.564. The summed E-state index contributed by atoms with van der Waals surface area (Å²) in [5.74, 6) is 0.572. The Bertz CT molecular complexity index is 777. The van der Waals surface area contributed by atoms with Crippen LogP contribution in [0.2, 0.25) is 5.02 Å². The van der Waals surface area contributed by atoms with Gasteiger partial charge < -0.3 is 9.72 Å². The van der Waals surface area contributed by atoms with Gasteiger partial charge in [0.2, 0.25) is 5.78 Å². The summed E-state index contributed by atoms with van der Waals surface area (Å²) in [6.07, 6.45) is 1.17. The number of benzene rings is 2. The zero-order valence-electron chi connectivity index (χ0n) is 11.5. The Morgan fingerprint density at radius 1 is 1.14 bits per heavy atom. The quantitative estimate of drug-likeness (QED) is 0.722. The molecule has 0 unspecified atom stereocenters. The third-order valence-corrected chi connectivity index (χ3v) is 3.60. The van der Waals surface area contributed by atoms with Crippen LogP contribution >= 0.6 is 11.6 Å². The molecule has 0 spiro atoms. The topological polar surface area (TPSA) is 42.1 Å². The second-order valence-electron chi connectivity index (χ2n) is 4.83. The van der Waals surface area contributed by atoms with Gasteiger partial charge in [-0.05, 0) is 37.3 Å². The van der Waals surface area contributed by atoms with Crippen molar-refractivity contribution in [3.05, 3.63) is 65.3 Å². The van der Waals surface area contributed by atoms with Gasteiger partial charge in [0.1, 0.15) is 5.75 Å². The highest BCUT2D eigenvalue weighted by Gasteiger charge is 2.20. The third kappa shape index (κ3) is 2.78. The normalized spacial score (nSPS) is 12.3. The number of carbonyl (C=O) groups is 1. The van der Waals surface area contributed by atoms with E-state index in [1.807, 2.05) is 24.3 Å². The molecule has 3 rings (SSSR count). The van der Waals surface area contributed by atoms with E-state index in [9.17, 15) is 4.79 Å². The van der Waals surface area contributed by atoms with Crippen LogP contribution < -0.4 is 4.74 Å². The molecule has 2 aromatic carbocycles. The van der Waals surface area contributed by atoms with Crippen molar-refractivity contribution in [3.8, 4) is 5.75 Å². The van der Waals surface area contributed by atoms with Gasteiger partial charge in [0.05, 0.1) is 0 Å². The fourth-order valence-corrected chi connectivity index (χ4v) is 2.39. The number of carbonyl (C=O) groups excluding carboxylic acids is 1. The van der Waals surface area contributed by atoms with Gasteiger partial charge >= 0.3 is 0 Å². The van der Waals surface area contributed by atoms with Gasteiger partial charge in [-0.3, -0.25) is 4.79 Å². The first-order valence-corrected chi connectivity index (χ1v) is 7.05. The van der Waals surface area contributed by atoms with Crippen LogP contribution in [-0.2, 0) is 0 Å². The molecule has 0 saturated heterocycles. The second-order valence-corrected chi connectivity index (χ2v) is 5.26. The predicted molar refractivity (Wildman–Crippen MR) is 84.2 cm³/mol. The summed E-state index contributed by atoms with van der Waals surface area (Å²) in [6.45, 7) is 1.75. The van der Waals surface area contributed by atoms with E-state index < -0.39 is 6.10 Å². The third-order valence-electron chi connectivity index (χ3n) is 3.35. The molecular weight excluding hydrogens is 286 g/mol. The summed E-state index contributed by atoms with van der Waals surface area (Å²) in [4.78, 5) is 15.6. The first-order valence-electron chi connectivity index (χ1n) is 6.68. The predicted octanol–water partition coefficient (Wildman–Crippen LogP) is 4.47. The SMILES string of the molecule is C[C@@H](Oc1ccc(Cl)cc1)C(=O)c1c[nH]c2ccccc12. The van der Waals surface area contributed by atoms with Gasteiger partial charge in [-0.2, -0.15) is 0 Å². The van der Waals surface area contributed by atoms with Crippen LogP contribution in [-0.4, -0.2) is 16.9 Å². The van der Waals surface area contributed by atoms with Crippen LogP contribution in [0.25, 0.3) is 10.9 Å². The largest absolute Gasteiger partial charge is 0.483 e. The van der Waals surface area contributed by atoms with E-state index >= 15 is 0 Å². The molecule has 0 aliphatic carbocycles. The molecule has 0 amide bonds. The summed E-state index contributed by atoms with van der Waals surface area (Å²) >= 11 is 5.83. The number of nitrogens with one attached hydrogen (secondary N) is 1. The van der Waals surface area contributed by atoms with Gasteiger partial charge in [-0.25, -0.2) is 0 Å². The number of ether oxygens (including phenoxy) is 1. The van der Waals surface area contributed by atoms with E-state index in [4.69, 9.17) is 16.3 Å². The minimum Gasteiger partial charge on any atom is -0.483 e. The van der Waals surface area contributed by atoms with Gasteiger partial charge in [0, 0.05) is 27.7 Å². The van der Waals surface area contributed by atoms with Crippen molar-refractivity contribution in [1.82, 2.24) is 4.98 Å². The lowest BCUT2D eigenvalue weighted by Gasteiger charge is -2.13. The average Bonchev–Trinajstić information content (AvgIpc) is 2.92. The molecule has 0 bridgehead atoms. The van der Waals surface area contributed by atoms with Gasteiger partial charge in [-0.15, -0.1) is 0 Å². The van der Waals surface area contributed by atoms with E-state index in [1.165, 1.54) is 0 Å². The minimum absolute atomic E-state index is 0.0533. The fourth-order valence-electron chi connectivity index (χ4n) is 2.27. The van der Waals surface area contributed by atoms with E-state index in [1.54, 1.807) is 37.4 Å². The van der Waals surface area contributed by atoms with E-state index in [0.29, 0.717) is 16.3 Å². The molecule has 1 atom stereocenters. The van der Waals surface area contributed by atoms with E-state index in [0.717, 1.165) is 10.9 Å². The first-order chi connectivity index (χ1) is 10.1. The number of aromatic nitrogens is 1. The maximum absolute atomic E-state index is 12.5. The van der Waals surface area contributed by atoms with Crippen LogP contribution in [0, 0.1) is 0 Å². The maximum atomic E-state index is 12.5. The highest BCUT2D eigenvalue weighted by Crippen LogP contribution is 2.22. The lowest BCUT2D eigenvalue weighted by Crippen LogP contribution is -2.23. The molecule has 3 aromatic rings. The Morgan fingerprint density at radius 2 is 1.86 bits per heavy atom. The fraction of sp³-hybridized carbons (Fsp3) is 0.118. The zero-order valence-corrected chi connectivity index (χ0v) is 12.2. The number of aromatic amines is 1. The van der Waals surface area contributed by atoms with Crippen LogP contribution in [0.15, 0.2) is 54.7 Å². The van der Waals surface area contributed by atoms with Gasteiger partial charge in [0.25, 0.3) is 0 Å². The van der Waals surface area contributed by atoms with Crippen molar-refractivity contribution >= 4 is 28.3 Å². The summed E-state index contributed by atoms with van der Waals surface area (Å²) < 4.78 is 5.68. The van der Waals surface area contributed by atoms with Crippen LogP contribution in [0.5, 0.6) is 5.75 Å². The second kappa shape index (κ2) is 5.62. The van der Waals surface area contributed by atoms with Crippen molar-refractivity contribution in [2.45, 2.75) is 13.0 Å². The number of para-hydroxylation sites is 1. The Hall–Kier alpha value is -2.26. The van der Waals surface area contributed by atoms with Gasteiger partial charge in [-0.1, -0.05) is 29.8 Å². The number of fused-ring (bicyclic) bond motifs is 1. The highest BCUT2D eigenvalue weighted by atomic mass is 35.5. The zero-order chi connectivity index (χ0) is 14.8. The lowest BCUT2D eigenvalue weighted by atomic mass is 10.1. The molecule has 21 heavy (non-hydrogen) atoms. The summed E-state index contributed by atoms with van der Waals surface area (Å²) in [5.41, 5.74) is 1.59.